The Morgan fingerprint density at radius 1 is 1.47 bits per heavy atom. The van der Waals surface area contributed by atoms with Crippen LogP contribution in [0.5, 0.6) is 0 Å². The van der Waals surface area contributed by atoms with Crippen LogP contribution in [0.25, 0.3) is 0 Å². The van der Waals surface area contributed by atoms with Gasteiger partial charge in [0.05, 0.1) is 17.8 Å². The normalized spacial score (nSPS) is 10.3. The molecule has 100 valence electrons. The molecule has 2 N–H and O–H groups in total. The summed E-state index contributed by atoms with van der Waals surface area (Å²) in [6.45, 7) is 2.56. The van der Waals surface area contributed by atoms with Crippen LogP contribution in [0, 0.1) is 6.92 Å². The summed E-state index contributed by atoms with van der Waals surface area (Å²) >= 11 is 7.22. The number of benzene rings is 1. The number of anilines is 1. The molecule has 1 amide bonds. The molecule has 2 rings (SSSR count). The molecule has 0 aliphatic carbocycles. The molecule has 0 radical (unpaired) electrons. The summed E-state index contributed by atoms with van der Waals surface area (Å²) < 4.78 is 0.521. The maximum absolute atomic E-state index is 11.8. The fourth-order valence-electron chi connectivity index (χ4n) is 1.77. The monoisotopic (exact) mass is 295 g/mol. The Hall–Kier alpha value is -1.59. The number of rotatable bonds is 4. The predicted molar refractivity (Wildman–Crippen MR) is 79.0 cm³/mol. The van der Waals surface area contributed by atoms with Gasteiger partial charge in [-0.05, 0) is 18.6 Å². The van der Waals surface area contributed by atoms with Gasteiger partial charge in [0.15, 0.2) is 4.47 Å². The van der Waals surface area contributed by atoms with Gasteiger partial charge >= 0.3 is 0 Å². The summed E-state index contributed by atoms with van der Waals surface area (Å²) in [5.41, 5.74) is 2.50. The summed E-state index contributed by atoms with van der Waals surface area (Å²) in [4.78, 5) is 16.8. The molecule has 0 unspecified atom stereocenters. The van der Waals surface area contributed by atoms with Crippen LogP contribution in [0.4, 0.5) is 5.69 Å². The van der Waals surface area contributed by atoms with Gasteiger partial charge in [0, 0.05) is 18.1 Å². The van der Waals surface area contributed by atoms with Crippen molar-refractivity contribution in [1.29, 1.82) is 0 Å². The molecule has 6 heteroatoms. The van der Waals surface area contributed by atoms with E-state index in [2.05, 4.69) is 15.6 Å². The van der Waals surface area contributed by atoms with Crippen LogP contribution >= 0.6 is 22.9 Å². The van der Waals surface area contributed by atoms with Crippen molar-refractivity contribution in [3.8, 4) is 0 Å². The van der Waals surface area contributed by atoms with E-state index in [1.807, 2.05) is 19.1 Å². The van der Waals surface area contributed by atoms with E-state index in [1.54, 1.807) is 19.3 Å². The van der Waals surface area contributed by atoms with Crippen LogP contribution in [0.2, 0.25) is 4.47 Å². The first-order valence-electron chi connectivity index (χ1n) is 5.77. The number of para-hydroxylation sites is 1. The standard InChI is InChI=1S/C13H14ClN3OS/c1-8-4-3-5-10(12(18)15-2)11(8)16-6-9-7-17-13(14)19-9/h3-5,7,16H,6H2,1-2H3,(H,15,18). The highest BCUT2D eigenvalue weighted by Crippen LogP contribution is 2.23. The van der Waals surface area contributed by atoms with Gasteiger partial charge in [0.25, 0.3) is 5.91 Å². The van der Waals surface area contributed by atoms with Crippen LogP contribution in [-0.2, 0) is 6.54 Å². The predicted octanol–water partition coefficient (Wildman–Crippen LogP) is 3.08. The molecule has 1 aromatic carbocycles. The smallest absolute Gasteiger partial charge is 0.253 e. The third kappa shape index (κ3) is 3.24. The zero-order chi connectivity index (χ0) is 13.8. The van der Waals surface area contributed by atoms with E-state index in [0.717, 1.165) is 16.1 Å². The molecule has 0 atom stereocenters. The minimum atomic E-state index is -0.103. The minimum absolute atomic E-state index is 0.103. The Morgan fingerprint density at radius 3 is 2.89 bits per heavy atom. The number of nitrogens with zero attached hydrogens (tertiary/aromatic N) is 1. The van der Waals surface area contributed by atoms with Crippen molar-refractivity contribution in [2.75, 3.05) is 12.4 Å². The van der Waals surface area contributed by atoms with Gasteiger partial charge in [-0.25, -0.2) is 4.98 Å². The highest BCUT2D eigenvalue weighted by atomic mass is 35.5. The summed E-state index contributed by atoms with van der Waals surface area (Å²) in [5, 5.41) is 5.92. The lowest BCUT2D eigenvalue weighted by Crippen LogP contribution is -2.20. The second-order valence-electron chi connectivity index (χ2n) is 4.01. The van der Waals surface area contributed by atoms with Gasteiger partial charge in [-0.15, -0.1) is 11.3 Å². The number of carbonyl (C=O) groups is 1. The van der Waals surface area contributed by atoms with Crippen molar-refractivity contribution in [3.63, 3.8) is 0 Å². The molecule has 0 aliphatic heterocycles. The Kier molecular flexibility index (Phi) is 4.39. The van der Waals surface area contributed by atoms with Gasteiger partial charge in [-0.2, -0.15) is 0 Å². The number of carbonyl (C=O) groups excluding carboxylic acids is 1. The van der Waals surface area contributed by atoms with E-state index in [1.165, 1.54) is 11.3 Å². The average Bonchev–Trinajstić information content (AvgIpc) is 2.82. The zero-order valence-corrected chi connectivity index (χ0v) is 12.2. The van der Waals surface area contributed by atoms with Gasteiger partial charge in [-0.1, -0.05) is 23.7 Å². The number of aryl methyl sites for hydroxylation is 1. The van der Waals surface area contributed by atoms with Gasteiger partial charge in [0.2, 0.25) is 0 Å². The van der Waals surface area contributed by atoms with Crippen LogP contribution in [0.3, 0.4) is 0 Å². The summed E-state index contributed by atoms with van der Waals surface area (Å²) in [6.07, 6.45) is 1.73. The molecule has 2 aromatic rings. The van der Waals surface area contributed by atoms with Crippen molar-refractivity contribution < 1.29 is 4.79 Å². The number of hydrogen-bond donors (Lipinski definition) is 2. The Morgan fingerprint density at radius 2 is 2.26 bits per heavy atom. The van der Waals surface area contributed by atoms with Crippen molar-refractivity contribution in [2.45, 2.75) is 13.5 Å². The number of nitrogens with one attached hydrogen (secondary N) is 2. The van der Waals surface area contributed by atoms with Crippen LogP contribution in [-0.4, -0.2) is 17.9 Å². The summed E-state index contributed by atoms with van der Waals surface area (Å²) in [7, 11) is 1.62. The lowest BCUT2D eigenvalue weighted by atomic mass is 10.1. The molecule has 0 aliphatic rings. The van der Waals surface area contributed by atoms with E-state index in [-0.39, 0.29) is 5.91 Å². The van der Waals surface area contributed by atoms with Gasteiger partial charge in [0.1, 0.15) is 0 Å². The highest BCUT2D eigenvalue weighted by molar-refractivity contribution is 7.15. The molecule has 1 aromatic heterocycles. The van der Waals surface area contributed by atoms with E-state index in [4.69, 9.17) is 11.6 Å². The maximum atomic E-state index is 11.8. The molecular formula is C13H14ClN3OS. The van der Waals surface area contributed by atoms with Gasteiger partial charge in [-0.3, -0.25) is 4.79 Å². The average molecular weight is 296 g/mol. The first-order valence-corrected chi connectivity index (χ1v) is 6.97. The molecular weight excluding hydrogens is 282 g/mol. The fraction of sp³-hybridized carbons (Fsp3) is 0.231. The van der Waals surface area contributed by atoms with E-state index in [9.17, 15) is 4.79 Å². The molecule has 1 heterocycles. The Bertz CT molecular complexity index is 597. The molecule has 4 nitrogen and oxygen atoms in total. The number of hydrogen-bond acceptors (Lipinski definition) is 4. The van der Waals surface area contributed by atoms with Crippen LogP contribution in [0.15, 0.2) is 24.4 Å². The van der Waals surface area contributed by atoms with Crippen LogP contribution < -0.4 is 10.6 Å². The zero-order valence-electron chi connectivity index (χ0n) is 10.7. The maximum Gasteiger partial charge on any atom is 0.253 e. The number of halogens is 1. The largest absolute Gasteiger partial charge is 0.379 e. The topological polar surface area (TPSA) is 54.0 Å². The first kappa shape index (κ1) is 13.8. The highest BCUT2D eigenvalue weighted by Gasteiger charge is 2.12. The van der Waals surface area contributed by atoms with Crippen molar-refractivity contribution >= 4 is 34.5 Å². The molecule has 19 heavy (non-hydrogen) atoms. The third-order valence-electron chi connectivity index (χ3n) is 2.71. The first-order chi connectivity index (χ1) is 9.11. The number of thiazole rings is 1. The fourth-order valence-corrected chi connectivity index (χ4v) is 2.68. The summed E-state index contributed by atoms with van der Waals surface area (Å²) in [6, 6.07) is 5.64. The van der Waals surface area contributed by atoms with E-state index < -0.39 is 0 Å². The van der Waals surface area contributed by atoms with E-state index >= 15 is 0 Å². The lowest BCUT2D eigenvalue weighted by Gasteiger charge is -2.13. The number of aromatic nitrogens is 1. The van der Waals surface area contributed by atoms with Crippen molar-refractivity contribution in [1.82, 2.24) is 10.3 Å². The van der Waals surface area contributed by atoms with Crippen molar-refractivity contribution in [3.05, 3.63) is 44.9 Å². The second kappa shape index (κ2) is 6.04. The third-order valence-corrected chi connectivity index (χ3v) is 3.82. The Labute approximate surface area is 120 Å². The van der Waals surface area contributed by atoms with Crippen molar-refractivity contribution in [2.24, 2.45) is 0 Å². The quantitative estimate of drug-likeness (QED) is 0.911. The second-order valence-corrected chi connectivity index (χ2v) is 5.71. The minimum Gasteiger partial charge on any atom is -0.379 e. The lowest BCUT2D eigenvalue weighted by molar-refractivity contribution is 0.0964. The SMILES string of the molecule is CNC(=O)c1cccc(C)c1NCc1cnc(Cl)s1. The van der Waals surface area contributed by atoms with Crippen LogP contribution in [0.1, 0.15) is 20.8 Å². The van der Waals surface area contributed by atoms with E-state index in [0.29, 0.717) is 16.6 Å². The molecule has 0 spiro atoms. The number of amides is 1. The van der Waals surface area contributed by atoms with Gasteiger partial charge < -0.3 is 10.6 Å². The molecule has 0 fully saturated rings. The summed E-state index contributed by atoms with van der Waals surface area (Å²) in [5.74, 6) is -0.103. The Balaban J connectivity index is 2.21. The molecule has 0 saturated carbocycles. The molecule has 0 bridgehead atoms. The molecule has 0 saturated heterocycles.